The standard InChI is InChI=1S/C15H12ClNO/c1-10-13(7-6-12-8-11(16)9-17-12)14-4-2-3-5-15(14)18-10/h2-8H,9H2,1H3/b7-6-. The summed E-state index contributed by atoms with van der Waals surface area (Å²) in [4.78, 5) is 4.30. The maximum atomic E-state index is 5.89. The van der Waals surface area contributed by atoms with Crippen molar-refractivity contribution in [1.29, 1.82) is 0 Å². The summed E-state index contributed by atoms with van der Waals surface area (Å²) in [6.45, 7) is 2.56. The highest BCUT2D eigenvalue weighted by molar-refractivity contribution is 6.33. The van der Waals surface area contributed by atoms with Crippen LogP contribution in [0.25, 0.3) is 17.0 Å². The lowest BCUT2D eigenvalue weighted by atomic mass is 10.1. The Morgan fingerprint density at radius 3 is 2.89 bits per heavy atom. The second kappa shape index (κ2) is 4.46. The van der Waals surface area contributed by atoms with E-state index in [0.717, 1.165) is 33.0 Å². The van der Waals surface area contributed by atoms with E-state index in [9.17, 15) is 0 Å². The summed E-state index contributed by atoms with van der Waals surface area (Å²) >= 11 is 5.89. The molecule has 3 heteroatoms. The van der Waals surface area contributed by atoms with Crippen molar-refractivity contribution in [1.82, 2.24) is 0 Å². The van der Waals surface area contributed by atoms with Gasteiger partial charge in [-0.15, -0.1) is 0 Å². The first-order valence-electron chi connectivity index (χ1n) is 5.81. The molecule has 18 heavy (non-hydrogen) atoms. The van der Waals surface area contributed by atoms with Crippen molar-refractivity contribution >= 4 is 34.4 Å². The van der Waals surface area contributed by atoms with Crippen LogP contribution in [0.1, 0.15) is 11.3 Å². The molecule has 2 nitrogen and oxygen atoms in total. The van der Waals surface area contributed by atoms with Crippen LogP contribution in [-0.4, -0.2) is 12.3 Å². The predicted octanol–water partition coefficient (Wildman–Crippen LogP) is 4.33. The molecule has 1 aromatic carbocycles. The molecule has 0 radical (unpaired) electrons. The lowest BCUT2D eigenvalue weighted by Gasteiger charge is -1.91. The van der Waals surface area contributed by atoms with E-state index >= 15 is 0 Å². The van der Waals surface area contributed by atoms with E-state index < -0.39 is 0 Å². The Balaban J connectivity index is 2.00. The quantitative estimate of drug-likeness (QED) is 0.786. The van der Waals surface area contributed by atoms with Gasteiger partial charge in [-0.1, -0.05) is 29.8 Å². The average Bonchev–Trinajstić information content (AvgIpc) is 2.90. The molecule has 2 heterocycles. The van der Waals surface area contributed by atoms with Crippen LogP contribution in [0.3, 0.4) is 0 Å². The Morgan fingerprint density at radius 1 is 1.28 bits per heavy atom. The zero-order valence-corrected chi connectivity index (χ0v) is 10.7. The van der Waals surface area contributed by atoms with Gasteiger partial charge in [0, 0.05) is 16.0 Å². The highest BCUT2D eigenvalue weighted by Gasteiger charge is 2.08. The normalized spacial score (nSPS) is 15.4. The number of hydrogen-bond donors (Lipinski definition) is 0. The smallest absolute Gasteiger partial charge is 0.134 e. The van der Waals surface area contributed by atoms with Crippen molar-refractivity contribution in [3.63, 3.8) is 0 Å². The van der Waals surface area contributed by atoms with Crippen molar-refractivity contribution in [2.45, 2.75) is 6.92 Å². The molecule has 1 aliphatic rings. The van der Waals surface area contributed by atoms with E-state index in [1.807, 2.05) is 43.4 Å². The Hall–Kier alpha value is -1.80. The summed E-state index contributed by atoms with van der Waals surface area (Å²) < 4.78 is 5.70. The lowest BCUT2D eigenvalue weighted by molar-refractivity contribution is 0.577. The van der Waals surface area contributed by atoms with E-state index in [-0.39, 0.29) is 0 Å². The fraction of sp³-hybridized carbons (Fsp3) is 0.133. The number of aryl methyl sites for hydroxylation is 1. The summed E-state index contributed by atoms with van der Waals surface area (Å²) in [5.74, 6) is 0.918. The number of nitrogens with zero attached hydrogens (tertiary/aromatic N) is 1. The van der Waals surface area contributed by atoms with E-state index in [2.05, 4.69) is 11.1 Å². The molecule has 0 atom stereocenters. The number of halogens is 1. The molecule has 3 rings (SSSR count). The maximum absolute atomic E-state index is 5.89. The van der Waals surface area contributed by atoms with Gasteiger partial charge in [0.2, 0.25) is 0 Å². The van der Waals surface area contributed by atoms with Crippen LogP contribution in [0.15, 0.2) is 50.9 Å². The summed E-state index contributed by atoms with van der Waals surface area (Å²) in [5, 5.41) is 1.91. The molecule has 0 spiro atoms. The van der Waals surface area contributed by atoms with Gasteiger partial charge in [-0.2, -0.15) is 0 Å². The van der Waals surface area contributed by atoms with Crippen LogP contribution >= 0.6 is 11.6 Å². The Morgan fingerprint density at radius 2 is 2.11 bits per heavy atom. The molecular weight excluding hydrogens is 246 g/mol. The first-order chi connectivity index (χ1) is 8.74. The van der Waals surface area contributed by atoms with Crippen molar-refractivity contribution in [3.05, 3.63) is 52.8 Å². The van der Waals surface area contributed by atoms with Crippen molar-refractivity contribution in [3.8, 4) is 0 Å². The number of allylic oxidation sites excluding steroid dienone is 2. The number of benzene rings is 1. The van der Waals surface area contributed by atoms with Crippen LogP contribution in [0.5, 0.6) is 0 Å². The predicted molar refractivity (Wildman–Crippen MR) is 76.2 cm³/mol. The Labute approximate surface area is 110 Å². The van der Waals surface area contributed by atoms with Crippen LogP contribution in [0, 0.1) is 6.92 Å². The van der Waals surface area contributed by atoms with Gasteiger partial charge in [0.15, 0.2) is 0 Å². The summed E-state index contributed by atoms with van der Waals surface area (Å²) in [6, 6.07) is 8.02. The molecule has 0 fully saturated rings. The number of rotatable bonds is 2. The van der Waals surface area contributed by atoms with Gasteiger partial charge >= 0.3 is 0 Å². The number of fused-ring (bicyclic) bond motifs is 1. The SMILES string of the molecule is Cc1oc2ccccc2c1/C=C\C1=NCC(Cl)=C1. The Kier molecular flexibility index (Phi) is 2.80. The van der Waals surface area contributed by atoms with Crippen molar-refractivity contribution in [2.24, 2.45) is 4.99 Å². The number of furan rings is 1. The number of para-hydroxylation sites is 1. The molecule has 0 aliphatic carbocycles. The highest BCUT2D eigenvalue weighted by atomic mass is 35.5. The van der Waals surface area contributed by atoms with E-state index in [1.54, 1.807) is 0 Å². The second-order valence-electron chi connectivity index (χ2n) is 4.23. The number of aliphatic imine (C=N–C) groups is 1. The fourth-order valence-corrected chi connectivity index (χ4v) is 2.25. The third-order valence-electron chi connectivity index (χ3n) is 2.96. The largest absolute Gasteiger partial charge is 0.461 e. The van der Waals surface area contributed by atoms with Gasteiger partial charge in [-0.05, 0) is 31.2 Å². The summed E-state index contributed by atoms with van der Waals surface area (Å²) in [7, 11) is 0. The maximum Gasteiger partial charge on any atom is 0.134 e. The monoisotopic (exact) mass is 257 g/mol. The molecule has 0 amide bonds. The summed E-state index contributed by atoms with van der Waals surface area (Å²) in [5.41, 5.74) is 2.92. The molecule has 0 saturated heterocycles. The molecule has 1 aromatic heterocycles. The molecule has 1 aliphatic heterocycles. The molecule has 0 bridgehead atoms. The molecule has 0 unspecified atom stereocenters. The molecule has 2 aromatic rings. The minimum Gasteiger partial charge on any atom is -0.461 e. The zero-order chi connectivity index (χ0) is 12.5. The lowest BCUT2D eigenvalue weighted by Crippen LogP contribution is -1.82. The van der Waals surface area contributed by atoms with Crippen molar-refractivity contribution < 1.29 is 4.42 Å². The van der Waals surface area contributed by atoms with Gasteiger partial charge in [-0.3, -0.25) is 4.99 Å². The minimum atomic E-state index is 0.590. The second-order valence-corrected chi connectivity index (χ2v) is 4.72. The van der Waals surface area contributed by atoms with Gasteiger partial charge in [-0.25, -0.2) is 0 Å². The summed E-state index contributed by atoms with van der Waals surface area (Å²) in [6.07, 6.45) is 5.89. The third kappa shape index (κ3) is 2.00. The van der Waals surface area contributed by atoms with Crippen LogP contribution in [0.2, 0.25) is 0 Å². The minimum absolute atomic E-state index is 0.590. The van der Waals surface area contributed by atoms with E-state index in [0.29, 0.717) is 6.54 Å². The molecule has 90 valence electrons. The van der Waals surface area contributed by atoms with Gasteiger partial charge in [0.25, 0.3) is 0 Å². The van der Waals surface area contributed by atoms with Gasteiger partial charge in [0.05, 0.1) is 12.3 Å². The molecular formula is C15H12ClNO. The first kappa shape index (κ1) is 11.3. The van der Waals surface area contributed by atoms with E-state index in [1.165, 1.54) is 0 Å². The Bertz CT molecular complexity index is 692. The fourth-order valence-electron chi connectivity index (χ4n) is 2.08. The average molecular weight is 258 g/mol. The highest BCUT2D eigenvalue weighted by Crippen LogP contribution is 2.26. The molecule has 0 N–H and O–H groups in total. The molecule has 0 saturated carbocycles. The van der Waals surface area contributed by atoms with Crippen LogP contribution in [-0.2, 0) is 0 Å². The zero-order valence-electron chi connectivity index (χ0n) is 9.98. The van der Waals surface area contributed by atoms with Gasteiger partial charge in [0.1, 0.15) is 11.3 Å². The topological polar surface area (TPSA) is 25.5 Å². The third-order valence-corrected chi connectivity index (χ3v) is 3.19. The van der Waals surface area contributed by atoms with E-state index in [4.69, 9.17) is 16.0 Å². The number of hydrogen-bond acceptors (Lipinski definition) is 2. The van der Waals surface area contributed by atoms with Gasteiger partial charge < -0.3 is 4.42 Å². The van der Waals surface area contributed by atoms with Crippen molar-refractivity contribution in [2.75, 3.05) is 6.54 Å². The van der Waals surface area contributed by atoms with Crippen LogP contribution < -0.4 is 0 Å². The first-order valence-corrected chi connectivity index (χ1v) is 6.18. The van der Waals surface area contributed by atoms with Crippen LogP contribution in [0.4, 0.5) is 0 Å².